The first-order chi connectivity index (χ1) is 17.0. The van der Waals surface area contributed by atoms with Crippen LogP contribution in [0.3, 0.4) is 0 Å². The van der Waals surface area contributed by atoms with Gasteiger partial charge in [0, 0.05) is 62.0 Å². The van der Waals surface area contributed by atoms with Gasteiger partial charge in [-0.15, -0.1) is 0 Å². The van der Waals surface area contributed by atoms with E-state index in [0.29, 0.717) is 0 Å². The van der Waals surface area contributed by atoms with Crippen molar-refractivity contribution in [2.45, 2.75) is 14.9 Å². The molecule has 0 atom stereocenters. The molecule has 0 aliphatic heterocycles. The Kier molecular flexibility index (Phi) is 20.2. The first-order valence-corrected chi connectivity index (χ1v) is 10.5. The van der Waals surface area contributed by atoms with Crippen molar-refractivity contribution in [1.82, 2.24) is 29.9 Å². The van der Waals surface area contributed by atoms with E-state index in [0.717, 1.165) is 0 Å². The molecule has 0 unspecified atom stereocenters. The maximum atomic E-state index is 3.78. The Balaban J connectivity index is 0.000000428. The summed E-state index contributed by atoms with van der Waals surface area (Å²) in [5.41, 5.74) is 0. The summed E-state index contributed by atoms with van der Waals surface area (Å²) in [6.45, 7) is 0. The van der Waals surface area contributed by atoms with Crippen LogP contribution in [0, 0.1) is 0 Å². The number of benzene rings is 2. The monoisotopic (exact) mass is 478 g/mol. The molecule has 6 heteroatoms. The topological polar surface area (TPSA) is 77.3 Å². The Hall–Kier alpha value is -4.84. The summed E-state index contributed by atoms with van der Waals surface area (Å²) in [6.07, 6.45) is 18.4. The third-order valence-corrected chi connectivity index (χ3v) is 3.75. The molecular formula is C30H34N6. The molecular weight excluding hydrogens is 444 g/mol. The predicted molar refractivity (Wildman–Crippen MR) is 150 cm³/mol. The molecule has 6 rings (SSSR count). The van der Waals surface area contributed by atoms with E-state index in [9.17, 15) is 0 Å². The maximum absolute atomic E-state index is 3.78. The molecule has 4 aromatic heterocycles. The van der Waals surface area contributed by atoms with Gasteiger partial charge in [-0.2, -0.15) is 0 Å². The number of pyridine rings is 2. The molecule has 6 aromatic rings. The van der Waals surface area contributed by atoms with Gasteiger partial charge in [-0.1, -0.05) is 75.5 Å². The molecule has 0 aliphatic rings. The first kappa shape index (κ1) is 31.2. The van der Waals surface area contributed by atoms with E-state index in [1.54, 1.807) is 68.0 Å². The molecule has 2 aromatic carbocycles. The predicted octanol–water partition coefficient (Wildman–Crippen LogP) is 7.23. The van der Waals surface area contributed by atoms with Gasteiger partial charge in [-0.25, -0.2) is 9.97 Å². The number of fused-ring (bicyclic) bond motifs is 1. The van der Waals surface area contributed by atoms with Crippen molar-refractivity contribution in [1.29, 1.82) is 0 Å². The van der Waals surface area contributed by atoms with Gasteiger partial charge in [0.25, 0.3) is 0 Å². The molecule has 4 heterocycles. The zero-order chi connectivity index (χ0) is 23.8. The summed E-state index contributed by atoms with van der Waals surface area (Å²) in [7, 11) is 0. The average Bonchev–Trinajstić information content (AvgIpc) is 2.98. The van der Waals surface area contributed by atoms with E-state index in [-0.39, 0.29) is 14.9 Å². The lowest BCUT2D eigenvalue weighted by Gasteiger charge is -1.92. The van der Waals surface area contributed by atoms with Crippen molar-refractivity contribution in [2.24, 2.45) is 0 Å². The smallest absolute Gasteiger partial charge is 0.115 e. The van der Waals surface area contributed by atoms with E-state index < -0.39 is 0 Å². The van der Waals surface area contributed by atoms with Crippen LogP contribution in [0.4, 0.5) is 0 Å². The number of hydrogen-bond donors (Lipinski definition) is 0. The summed E-state index contributed by atoms with van der Waals surface area (Å²) in [6, 6.07) is 29.9. The highest BCUT2D eigenvalue weighted by molar-refractivity contribution is 5.82. The fourth-order valence-electron chi connectivity index (χ4n) is 2.26. The van der Waals surface area contributed by atoms with Gasteiger partial charge in [0.15, 0.2) is 0 Å². The van der Waals surface area contributed by atoms with Crippen LogP contribution >= 0.6 is 0 Å². The van der Waals surface area contributed by atoms with Crippen molar-refractivity contribution < 1.29 is 0 Å². The minimum Gasteiger partial charge on any atom is -0.265 e. The highest BCUT2D eigenvalue weighted by atomic mass is 14.8. The highest BCUT2D eigenvalue weighted by Crippen LogP contribution is 2.11. The van der Waals surface area contributed by atoms with Crippen LogP contribution in [0.1, 0.15) is 14.9 Å². The Morgan fingerprint density at radius 2 is 0.583 bits per heavy atom. The molecule has 0 aliphatic carbocycles. The molecule has 0 saturated carbocycles. The molecule has 184 valence electrons. The largest absolute Gasteiger partial charge is 0.265 e. The molecule has 0 amide bonds. The van der Waals surface area contributed by atoms with Gasteiger partial charge in [0.05, 0.1) is 0 Å². The molecule has 36 heavy (non-hydrogen) atoms. The van der Waals surface area contributed by atoms with Crippen LogP contribution < -0.4 is 0 Å². The summed E-state index contributed by atoms with van der Waals surface area (Å²) >= 11 is 0. The normalized spacial score (nSPS) is 8.11. The standard InChI is InChI=1S/C10H8.2C5H5N.2C4H4N2.2CH4/c1-2-6-10-8-4-3-7-9(10)5-1;2*1-2-4-6-5-3-1;1-2-6-4-3-5-1;1-2-5-4-6-3-1;;/h1-8H;2*1-5H;2*1-4H;2*1H4. The Morgan fingerprint density at radius 3 is 0.750 bits per heavy atom. The van der Waals surface area contributed by atoms with Gasteiger partial charge in [-0.05, 0) is 41.1 Å². The number of hydrogen-bond acceptors (Lipinski definition) is 6. The fraction of sp³-hybridized carbons (Fsp3) is 0.0667. The van der Waals surface area contributed by atoms with E-state index in [1.807, 2.05) is 36.4 Å². The average molecular weight is 479 g/mol. The zero-order valence-corrected chi connectivity index (χ0v) is 18.7. The van der Waals surface area contributed by atoms with Crippen LogP contribution in [0.15, 0.2) is 159 Å². The second-order valence-electron chi connectivity index (χ2n) is 6.19. The molecule has 0 bridgehead atoms. The van der Waals surface area contributed by atoms with Crippen molar-refractivity contribution >= 4 is 10.8 Å². The van der Waals surface area contributed by atoms with Crippen LogP contribution in [0.2, 0.25) is 0 Å². The molecule has 0 spiro atoms. The van der Waals surface area contributed by atoms with Gasteiger partial charge in [0.1, 0.15) is 6.33 Å². The van der Waals surface area contributed by atoms with Crippen molar-refractivity contribution in [2.75, 3.05) is 0 Å². The van der Waals surface area contributed by atoms with Gasteiger partial charge < -0.3 is 0 Å². The lowest BCUT2D eigenvalue weighted by molar-refractivity contribution is 1.17. The van der Waals surface area contributed by atoms with Crippen molar-refractivity contribution in [3.8, 4) is 0 Å². The fourth-order valence-corrected chi connectivity index (χ4v) is 2.26. The minimum atomic E-state index is 0. The Morgan fingerprint density at radius 1 is 0.278 bits per heavy atom. The second-order valence-corrected chi connectivity index (χ2v) is 6.19. The third-order valence-electron chi connectivity index (χ3n) is 3.75. The van der Waals surface area contributed by atoms with Gasteiger partial charge in [0.2, 0.25) is 0 Å². The van der Waals surface area contributed by atoms with Crippen molar-refractivity contribution in [3.63, 3.8) is 0 Å². The molecule has 0 fully saturated rings. The highest BCUT2D eigenvalue weighted by Gasteiger charge is 1.85. The van der Waals surface area contributed by atoms with Crippen LogP contribution in [-0.2, 0) is 0 Å². The van der Waals surface area contributed by atoms with Crippen LogP contribution in [0.25, 0.3) is 10.8 Å². The van der Waals surface area contributed by atoms with Gasteiger partial charge >= 0.3 is 0 Å². The van der Waals surface area contributed by atoms with Crippen LogP contribution in [-0.4, -0.2) is 29.9 Å². The summed E-state index contributed by atoms with van der Waals surface area (Å²) < 4.78 is 0. The van der Waals surface area contributed by atoms with E-state index >= 15 is 0 Å². The first-order valence-electron chi connectivity index (χ1n) is 10.5. The quantitative estimate of drug-likeness (QED) is 0.229. The summed E-state index contributed by atoms with van der Waals surface area (Å²) in [4.78, 5) is 22.4. The molecule has 0 N–H and O–H groups in total. The maximum Gasteiger partial charge on any atom is 0.115 e. The van der Waals surface area contributed by atoms with Crippen molar-refractivity contribution in [3.05, 3.63) is 159 Å². The second kappa shape index (κ2) is 23.3. The van der Waals surface area contributed by atoms with E-state index in [1.165, 1.54) is 17.1 Å². The van der Waals surface area contributed by atoms with E-state index in [2.05, 4.69) is 78.4 Å². The molecule has 6 nitrogen and oxygen atoms in total. The SMILES string of the molecule is C.C.c1ccc2ccccc2c1.c1ccncc1.c1ccncc1.c1cnccn1.c1cncnc1. The third kappa shape index (κ3) is 16.7. The number of aromatic nitrogens is 6. The Bertz CT molecular complexity index is 894. The van der Waals surface area contributed by atoms with Gasteiger partial charge in [-0.3, -0.25) is 19.9 Å². The lowest BCUT2D eigenvalue weighted by atomic mass is 10.1. The zero-order valence-electron chi connectivity index (χ0n) is 18.7. The number of nitrogens with zero attached hydrogens (tertiary/aromatic N) is 6. The Labute approximate surface area is 214 Å². The lowest BCUT2D eigenvalue weighted by Crippen LogP contribution is -1.67. The van der Waals surface area contributed by atoms with E-state index in [4.69, 9.17) is 0 Å². The summed E-state index contributed by atoms with van der Waals surface area (Å²) in [5, 5.41) is 2.62. The molecule has 0 saturated heterocycles. The number of rotatable bonds is 0. The molecule has 0 radical (unpaired) electrons. The summed E-state index contributed by atoms with van der Waals surface area (Å²) in [5.74, 6) is 0. The minimum absolute atomic E-state index is 0. The van der Waals surface area contributed by atoms with Crippen LogP contribution in [0.5, 0.6) is 0 Å².